The molecule has 128 valence electrons. The quantitative estimate of drug-likeness (QED) is 0.434. The van der Waals surface area contributed by atoms with Crippen LogP contribution in [-0.2, 0) is 9.53 Å². The normalized spacial score (nSPS) is 12.4. The number of nitrogens with zero attached hydrogens (tertiary/aromatic N) is 1. The number of carbonyl (C=O) groups is 1. The Hall–Kier alpha value is -2.24. The lowest BCUT2D eigenvalue weighted by molar-refractivity contribution is -0.140. The Morgan fingerprint density at radius 3 is 2.70 bits per heavy atom. The van der Waals surface area contributed by atoms with Gasteiger partial charge in [0, 0.05) is 13.1 Å². The minimum atomic E-state index is -0.246. The highest BCUT2D eigenvalue weighted by atomic mass is 16.5. The molecule has 0 saturated carbocycles. The van der Waals surface area contributed by atoms with Crippen molar-refractivity contribution in [1.82, 2.24) is 10.6 Å². The van der Waals surface area contributed by atoms with E-state index in [-0.39, 0.29) is 12.1 Å². The standard InChI is InChI=1S/C17H27N3O3/c1-5-18-17(19-11-10-16(21)22-4)20-12-14(3)23-15-9-7-6-8-13(15)2/h6-9,14H,5,10-12H2,1-4H3,(H2,18,19,20). The van der Waals surface area contributed by atoms with Crippen LogP contribution in [0.2, 0.25) is 0 Å². The van der Waals surface area contributed by atoms with Gasteiger partial charge in [0.25, 0.3) is 0 Å². The number of para-hydroxylation sites is 1. The SMILES string of the molecule is CCNC(=NCC(C)Oc1ccccc1C)NCCC(=O)OC. The smallest absolute Gasteiger partial charge is 0.307 e. The molecule has 0 bridgehead atoms. The summed E-state index contributed by atoms with van der Waals surface area (Å²) in [6, 6.07) is 7.91. The van der Waals surface area contributed by atoms with Gasteiger partial charge in [-0.1, -0.05) is 18.2 Å². The molecule has 0 aromatic heterocycles. The van der Waals surface area contributed by atoms with E-state index in [2.05, 4.69) is 20.4 Å². The second kappa shape index (κ2) is 10.5. The van der Waals surface area contributed by atoms with Crippen molar-refractivity contribution in [2.75, 3.05) is 26.7 Å². The maximum absolute atomic E-state index is 11.1. The zero-order chi connectivity index (χ0) is 17.1. The van der Waals surface area contributed by atoms with Crippen LogP contribution in [0.3, 0.4) is 0 Å². The van der Waals surface area contributed by atoms with Crippen molar-refractivity contribution in [3.63, 3.8) is 0 Å². The average molecular weight is 321 g/mol. The van der Waals surface area contributed by atoms with Crippen molar-refractivity contribution < 1.29 is 14.3 Å². The third-order valence-corrected chi connectivity index (χ3v) is 3.12. The van der Waals surface area contributed by atoms with Gasteiger partial charge >= 0.3 is 5.97 Å². The Labute approximate surface area is 138 Å². The highest BCUT2D eigenvalue weighted by Crippen LogP contribution is 2.17. The summed E-state index contributed by atoms with van der Waals surface area (Å²) in [7, 11) is 1.38. The van der Waals surface area contributed by atoms with Crippen LogP contribution in [0.25, 0.3) is 0 Å². The fraction of sp³-hybridized carbons (Fsp3) is 0.529. The number of aliphatic imine (C=N–C) groups is 1. The van der Waals surface area contributed by atoms with Crippen molar-refractivity contribution in [2.24, 2.45) is 4.99 Å². The molecule has 6 nitrogen and oxygen atoms in total. The molecular formula is C17H27N3O3. The topological polar surface area (TPSA) is 72.0 Å². The molecule has 1 unspecified atom stereocenters. The van der Waals surface area contributed by atoms with E-state index in [9.17, 15) is 4.79 Å². The second-order valence-corrected chi connectivity index (χ2v) is 5.17. The minimum absolute atomic E-state index is 0.0489. The molecule has 0 heterocycles. The molecule has 1 rings (SSSR count). The summed E-state index contributed by atoms with van der Waals surface area (Å²) in [5, 5.41) is 6.24. The molecule has 0 aliphatic heterocycles. The van der Waals surface area contributed by atoms with Crippen LogP contribution in [0.1, 0.15) is 25.8 Å². The highest BCUT2D eigenvalue weighted by molar-refractivity contribution is 5.80. The average Bonchev–Trinajstić information content (AvgIpc) is 2.54. The lowest BCUT2D eigenvalue weighted by atomic mass is 10.2. The van der Waals surface area contributed by atoms with E-state index in [0.29, 0.717) is 25.5 Å². The Morgan fingerprint density at radius 2 is 2.04 bits per heavy atom. The van der Waals surface area contributed by atoms with Crippen molar-refractivity contribution in [3.8, 4) is 5.75 Å². The fourth-order valence-corrected chi connectivity index (χ4v) is 1.89. The zero-order valence-electron chi connectivity index (χ0n) is 14.4. The van der Waals surface area contributed by atoms with Gasteiger partial charge in [0.05, 0.1) is 20.1 Å². The predicted molar refractivity (Wildman–Crippen MR) is 91.9 cm³/mol. The van der Waals surface area contributed by atoms with Crippen LogP contribution in [0.15, 0.2) is 29.3 Å². The molecule has 0 spiro atoms. The number of benzene rings is 1. The van der Waals surface area contributed by atoms with E-state index in [4.69, 9.17) is 4.74 Å². The highest BCUT2D eigenvalue weighted by Gasteiger charge is 2.07. The molecule has 0 aliphatic carbocycles. The number of methoxy groups -OCH3 is 1. The number of nitrogens with one attached hydrogen (secondary N) is 2. The first-order chi connectivity index (χ1) is 11.1. The summed E-state index contributed by atoms with van der Waals surface area (Å²) in [5.74, 6) is 1.29. The van der Waals surface area contributed by atoms with Gasteiger partial charge in [0.15, 0.2) is 5.96 Å². The first-order valence-electron chi connectivity index (χ1n) is 7.88. The van der Waals surface area contributed by atoms with E-state index in [1.165, 1.54) is 7.11 Å². The molecule has 0 saturated heterocycles. The van der Waals surface area contributed by atoms with Crippen LogP contribution < -0.4 is 15.4 Å². The van der Waals surface area contributed by atoms with E-state index >= 15 is 0 Å². The number of ether oxygens (including phenoxy) is 2. The molecule has 1 aromatic carbocycles. The van der Waals surface area contributed by atoms with Crippen LogP contribution >= 0.6 is 0 Å². The van der Waals surface area contributed by atoms with Gasteiger partial charge in [-0.15, -0.1) is 0 Å². The summed E-state index contributed by atoms with van der Waals surface area (Å²) in [5.41, 5.74) is 1.10. The van der Waals surface area contributed by atoms with Crippen molar-refractivity contribution in [3.05, 3.63) is 29.8 Å². The molecule has 6 heteroatoms. The summed E-state index contributed by atoms with van der Waals surface area (Å²) in [6.45, 7) is 7.73. The number of aryl methyl sites for hydroxylation is 1. The number of guanidine groups is 1. The largest absolute Gasteiger partial charge is 0.489 e. The van der Waals surface area contributed by atoms with Crippen molar-refractivity contribution in [1.29, 1.82) is 0 Å². The van der Waals surface area contributed by atoms with Crippen LogP contribution in [0.5, 0.6) is 5.75 Å². The molecule has 0 fully saturated rings. The van der Waals surface area contributed by atoms with E-state index in [0.717, 1.165) is 17.9 Å². The lowest BCUT2D eigenvalue weighted by Crippen LogP contribution is -2.39. The molecular weight excluding hydrogens is 294 g/mol. The maximum atomic E-state index is 11.1. The van der Waals surface area contributed by atoms with Gasteiger partial charge in [-0.25, -0.2) is 4.99 Å². The second-order valence-electron chi connectivity index (χ2n) is 5.17. The Kier molecular flexibility index (Phi) is 8.57. The van der Waals surface area contributed by atoms with E-state index in [1.807, 2.05) is 45.0 Å². The van der Waals surface area contributed by atoms with E-state index in [1.54, 1.807) is 0 Å². The van der Waals surface area contributed by atoms with Crippen LogP contribution in [0.4, 0.5) is 0 Å². The number of hydrogen-bond donors (Lipinski definition) is 2. The number of rotatable bonds is 8. The van der Waals surface area contributed by atoms with Crippen molar-refractivity contribution >= 4 is 11.9 Å². The van der Waals surface area contributed by atoms with Gasteiger partial charge in [0.2, 0.25) is 0 Å². The first-order valence-corrected chi connectivity index (χ1v) is 7.88. The van der Waals surface area contributed by atoms with Gasteiger partial charge in [-0.3, -0.25) is 4.79 Å². The number of esters is 1. The lowest BCUT2D eigenvalue weighted by Gasteiger charge is -2.16. The third-order valence-electron chi connectivity index (χ3n) is 3.12. The molecule has 2 N–H and O–H groups in total. The van der Waals surface area contributed by atoms with Crippen LogP contribution in [-0.4, -0.2) is 44.8 Å². The molecule has 1 atom stereocenters. The van der Waals surface area contributed by atoms with Crippen LogP contribution in [0, 0.1) is 6.92 Å². The van der Waals surface area contributed by atoms with Gasteiger partial charge in [-0.2, -0.15) is 0 Å². The Morgan fingerprint density at radius 1 is 1.30 bits per heavy atom. The fourth-order valence-electron chi connectivity index (χ4n) is 1.89. The summed E-state index contributed by atoms with van der Waals surface area (Å²) < 4.78 is 10.5. The first kappa shape index (κ1) is 18.8. The Bertz CT molecular complexity index is 518. The summed E-state index contributed by atoms with van der Waals surface area (Å²) in [4.78, 5) is 15.6. The molecule has 0 radical (unpaired) electrons. The van der Waals surface area contributed by atoms with Gasteiger partial charge in [-0.05, 0) is 32.4 Å². The van der Waals surface area contributed by atoms with Gasteiger partial charge < -0.3 is 20.1 Å². The van der Waals surface area contributed by atoms with E-state index < -0.39 is 0 Å². The van der Waals surface area contributed by atoms with Gasteiger partial charge in [0.1, 0.15) is 11.9 Å². The Balaban J connectivity index is 2.48. The summed E-state index contributed by atoms with van der Waals surface area (Å²) in [6.07, 6.45) is 0.253. The number of hydrogen-bond acceptors (Lipinski definition) is 4. The molecule has 23 heavy (non-hydrogen) atoms. The zero-order valence-corrected chi connectivity index (χ0v) is 14.4. The predicted octanol–water partition coefficient (Wildman–Crippen LogP) is 1.88. The molecule has 0 amide bonds. The minimum Gasteiger partial charge on any atom is -0.489 e. The van der Waals surface area contributed by atoms with Crippen molar-refractivity contribution in [2.45, 2.75) is 33.3 Å². The maximum Gasteiger partial charge on any atom is 0.307 e. The third kappa shape index (κ3) is 7.54. The molecule has 1 aromatic rings. The monoisotopic (exact) mass is 321 g/mol. The number of carbonyl (C=O) groups excluding carboxylic acids is 1. The molecule has 0 aliphatic rings. The summed E-state index contributed by atoms with van der Waals surface area (Å²) >= 11 is 0.